The third-order valence-corrected chi connectivity index (χ3v) is 2.63. The van der Waals surface area contributed by atoms with Crippen LogP contribution in [0.2, 0.25) is 0 Å². The molecule has 0 bridgehead atoms. The van der Waals surface area contributed by atoms with Crippen molar-refractivity contribution in [2.24, 2.45) is 0 Å². The maximum Gasteiger partial charge on any atom is 0.338 e. The summed E-state index contributed by atoms with van der Waals surface area (Å²) in [6.07, 6.45) is 0. The van der Waals surface area contributed by atoms with Crippen LogP contribution < -0.4 is 4.74 Å². The number of benzene rings is 2. The number of hydrogen-bond acceptors (Lipinski definition) is 2. The van der Waals surface area contributed by atoms with E-state index in [0.29, 0.717) is 11.3 Å². The second-order valence-corrected chi connectivity index (χ2v) is 4.10. The predicted octanol–water partition coefficient (Wildman–Crippen LogP) is 3.63. The van der Waals surface area contributed by atoms with Crippen molar-refractivity contribution >= 4 is 16.7 Å². The van der Waals surface area contributed by atoms with Gasteiger partial charge in [-0.25, -0.2) is 4.79 Å². The van der Waals surface area contributed by atoms with Gasteiger partial charge >= 0.3 is 5.97 Å². The van der Waals surface area contributed by atoms with Crippen LogP contribution >= 0.6 is 0 Å². The van der Waals surface area contributed by atoms with Crippen LogP contribution in [0.5, 0.6) is 5.75 Å². The summed E-state index contributed by atoms with van der Waals surface area (Å²) in [6.45, 7) is 7.22. The Labute approximate surface area is 101 Å². The molecule has 17 heavy (non-hydrogen) atoms. The van der Waals surface area contributed by atoms with Crippen molar-refractivity contribution < 1.29 is 9.53 Å². The van der Waals surface area contributed by atoms with E-state index in [1.54, 1.807) is 13.0 Å². The highest BCUT2D eigenvalue weighted by Gasteiger charge is 2.09. The van der Waals surface area contributed by atoms with Crippen LogP contribution in [0.4, 0.5) is 0 Å². The highest BCUT2D eigenvalue weighted by molar-refractivity contribution is 5.95. The lowest BCUT2D eigenvalue weighted by Gasteiger charge is -2.09. The van der Waals surface area contributed by atoms with Crippen molar-refractivity contribution in [2.75, 3.05) is 0 Å². The Bertz CT molecular complexity index is 592. The van der Waals surface area contributed by atoms with E-state index in [2.05, 4.69) is 6.58 Å². The quantitative estimate of drug-likeness (QED) is 0.444. The van der Waals surface area contributed by atoms with Crippen molar-refractivity contribution in [3.8, 4) is 5.75 Å². The van der Waals surface area contributed by atoms with Crippen LogP contribution in [-0.2, 0) is 4.79 Å². The number of esters is 1. The number of carbonyl (C=O) groups is 1. The van der Waals surface area contributed by atoms with Gasteiger partial charge in [0.15, 0.2) is 0 Å². The molecule has 0 aliphatic carbocycles. The van der Waals surface area contributed by atoms with Crippen molar-refractivity contribution in [1.82, 2.24) is 0 Å². The third kappa shape index (κ3) is 2.21. The van der Waals surface area contributed by atoms with Gasteiger partial charge in [0, 0.05) is 11.0 Å². The first-order valence-corrected chi connectivity index (χ1v) is 5.45. The molecule has 2 nitrogen and oxygen atoms in total. The molecule has 0 aromatic heterocycles. The topological polar surface area (TPSA) is 26.3 Å². The molecule has 2 rings (SSSR count). The van der Waals surface area contributed by atoms with E-state index >= 15 is 0 Å². The van der Waals surface area contributed by atoms with Crippen LogP contribution in [0.15, 0.2) is 48.6 Å². The summed E-state index contributed by atoms with van der Waals surface area (Å²) in [4.78, 5) is 11.5. The molecule has 0 spiro atoms. The number of ether oxygens (including phenoxy) is 1. The highest BCUT2D eigenvalue weighted by atomic mass is 16.5. The summed E-state index contributed by atoms with van der Waals surface area (Å²) in [7, 11) is 0. The first kappa shape index (κ1) is 11.4. The Morgan fingerprint density at radius 3 is 2.47 bits per heavy atom. The largest absolute Gasteiger partial charge is 0.423 e. The fraction of sp³-hybridized carbons (Fsp3) is 0.133. The zero-order valence-corrected chi connectivity index (χ0v) is 9.99. The molecule has 0 heterocycles. The number of fused-ring (bicyclic) bond motifs is 1. The molecular weight excluding hydrogens is 212 g/mol. The molecule has 0 radical (unpaired) electrons. The average Bonchev–Trinajstić information content (AvgIpc) is 2.29. The first-order valence-electron chi connectivity index (χ1n) is 5.45. The van der Waals surface area contributed by atoms with Gasteiger partial charge < -0.3 is 4.74 Å². The minimum absolute atomic E-state index is 0.388. The second kappa shape index (κ2) is 4.42. The first-order chi connectivity index (χ1) is 8.09. The Morgan fingerprint density at radius 2 is 1.82 bits per heavy atom. The lowest BCUT2D eigenvalue weighted by atomic mass is 10.0. The maximum absolute atomic E-state index is 11.5. The standard InChI is InChI=1S/C15H14O2/c1-10(2)15(16)17-13-9-5-8-12-7-4-6-11(3)14(12)13/h4-9H,1H2,2-3H3. The lowest BCUT2D eigenvalue weighted by Crippen LogP contribution is -2.08. The molecule has 0 aliphatic rings. The number of rotatable bonds is 2. The summed E-state index contributed by atoms with van der Waals surface area (Å²) in [6, 6.07) is 11.7. The van der Waals surface area contributed by atoms with E-state index in [0.717, 1.165) is 16.3 Å². The predicted molar refractivity (Wildman–Crippen MR) is 69.1 cm³/mol. The van der Waals surface area contributed by atoms with E-state index in [1.165, 1.54) is 0 Å². The molecule has 0 saturated heterocycles. The molecule has 2 aromatic carbocycles. The summed E-state index contributed by atoms with van der Waals surface area (Å²) >= 11 is 0. The monoisotopic (exact) mass is 226 g/mol. The Morgan fingerprint density at radius 1 is 1.18 bits per heavy atom. The molecule has 0 N–H and O–H groups in total. The van der Waals surface area contributed by atoms with Gasteiger partial charge in [0.1, 0.15) is 5.75 Å². The van der Waals surface area contributed by atoms with Gasteiger partial charge in [-0.3, -0.25) is 0 Å². The molecule has 0 atom stereocenters. The Kier molecular flexibility index (Phi) is 2.96. The summed E-state index contributed by atoms with van der Waals surface area (Å²) in [5.74, 6) is 0.203. The summed E-state index contributed by atoms with van der Waals surface area (Å²) < 4.78 is 5.33. The average molecular weight is 226 g/mol. The van der Waals surface area contributed by atoms with E-state index in [9.17, 15) is 4.79 Å². The van der Waals surface area contributed by atoms with Crippen LogP contribution in [0.3, 0.4) is 0 Å². The number of aryl methyl sites for hydroxylation is 1. The molecular formula is C15H14O2. The van der Waals surface area contributed by atoms with Gasteiger partial charge in [0.25, 0.3) is 0 Å². The molecule has 0 aliphatic heterocycles. The fourth-order valence-corrected chi connectivity index (χ4v) is 1.76. The van der Waals surface area contributed by atoms with Gasteiger partial charge in [-0.05, 0) is 30.9 Å². The molecule has 2 aromatic rings. The van der Waals surface area contributed by atoms with Crippen LogP contribution in [0.1, 0.15) is 12.5 Å². The minimum Gasteiger partial charge on any atom is -0.423 e. The van der Waals surface area contributed by atoms with E-state index in [-0.39, 0.29) is 5.97 Å². The lowest BCUT2D eigenvalue weighted by molar-refractivity contribution is -0.129. The van der Waals surface area contributed by atoms with E-state index in [4.69, 9.17) is 4.74 Å². The zero-order valence-electron chi connectivity index (χ0n) is 9.99. The molecule has 2 heteroatoms. The second-order valence-electron chi connectivity index (χ2n) is 4.10. The number of carbonyl (C=O) groups excluding carboxylic acids is 1. The Hall–Kier alpha value is -2.09. The Balaban J connectivity index is 2.54. The zero-order chi connectivity index (χ0) is 12.4. The molecule has 0 amide bonds. The SMILES string of the molecule is C=C(C)C(=O)Oc1cccc2cccc(C)c12. The van der Waals surface area contributed by atoms with Crippen LogP contribution in [-0.4, -0.2) is 5.97 Å². The van der Waals surface area contributed by atoms with E-state index < -0.39 is 0 Å². The summed E-state index contributed by atoms with van der Waals surface area (Å²) in [5.41, 5.74) is 1.49. The molecule has 0 fully saturated rings. The van der Waals surface area contributed by atoms with Gasteiger partial charge in [-0.15, -0.1) is 0 Å². The van der Waals surface area contributed by atoms with Crippen molar-refractivity contribution in [3.63, 3.8) is 0 Å². The van der Waals surface area contributed by atoms with Gasteiger partial charge in [-0.1, -0.05) is 36.9 Å². The van der Waals surface area contributed by atoms with Crippen molar-refractivity contribution in [2.45, 2.75) is 13.8 Å². The third-order valence-electron chi connectivity index (χ3n) is 2.63. The van der Waals surface area contributed by atoms with Gasteiger partial charge in [0.2, 0.25) is 0 Å². The maximum atomic E-state index is 11.5. The van der Waals surface area contributed by atoms with E-state index in [1.807, 2.05) is 37.3 Å². The van der Waals surface area contributed by atoms with Gasteiger partial charge in [-0.2, -0.15) is 0 Å². The van der Waals surface area contributed by atoms with Crippen LogP contribution in [0.25, 0.3) is 10.8 Å². The molecule has 86 valence electrons. The van der Waals surface area contributed by atoms with Crippen molar-refractivity contribution in [1.29, 1.82) is 0 Å². The number of hydrogen-bond donors (Lipinski definition) is 0. The smallest absolute Gasteiger partial charge is 0.338 e. The highest BCUT2D eigenvalue weighted by Crippen LogP contribution is 2.28. The molecule has 0 unspecified atom stereocenters. The summed E-state index contributed by atoms with van der Waals surface area (Å²) in [5, 5.41) is 2.04. The van der Waals surface area contributed by atoms with Crippen LogP contribution in [0, 0.1) is 6.92 Å². The normalized spacial score (nSPS) is 10.2. The molecule has 0 saturated carbocycles. The minimum atomic E-state index is -0.388. The van der Waals surface area contributed by atoms with Crippen molar-refractivity contribution in [3.05, 3.63) is 54.1 Å². The van der Waals surface area contributed by atoms with Gasteiger partial charge in [0.05, 0.1) is 0 Å². The fourth-order valence-electron chi connectivity index (χ4n) is 1.76.